The van der Waals surface area contributed by atoms with Crippen LogP contribution in [-0.4, -0.2) is 28.0 Å². The van der Waals surface area contributed by atoms with Crippen molar-refractivity contribution < 1.29 is 9.52 Å². The first-order valence-electron chi connectivity index (χ1n) is 8.29. The van der Waals surface area contributed by atoms with Gasteiger partial charge in [0.05, 0.1) is 12.3 Å². The fourth-order valence-corrected chi connectivity index (χ4v) is 2.86. The van der Waals surface area contributed by atoms with E-state index in [2.05, 4.69) is 5.32 Å². The molecule has 2 N–H and O–H groups in total. The first-order valence-corrected chi connectivity index (χ1v) is 8.29. The number of hydrogen-bond acceptors (Lipinski definition) is 4. The highest BCUT2D eigenvalue weighted by Gasteiger charge is 2.16. The van der Waals surface area contributed by atoms with Crippen LogP contribution in [-0.2, 0) is 6.54 Å². The van der Waals surface area contributed by atoms with E-state index in [1.165, 1.54) is 0 Å². The van der Waals surface area contributed by atoms with Crippen LogP contribution >= 0.6 is 0 Å². The standard InChI is InChI=1S/C20H19N3O2/c24-11-10-21-13-16-14-23(17-7-2-1-3-8-17)22-20(16)19-12-15-6-4-5-9-18(15)25-19/h1-9,12,14,21,24H,10-11,13H2. The Morgan fingerprint density at radius 1 is 1.04 bits per heavy atom. The van der Waals surface area contributed by atoms with E-state index >= 15 is 0 Å². The molecule has 0 fully saturated rings. The van der Waals surface area contributed by atoms with Crippen LogP contribution in [0.2, 0.25) is 0 Å². The molecule has 0 aliphatic rings. The highest BCUT2D eigenvalue weighted by atomic mass is 16.3. The Labute approximate surface area is 145 Å². The Hall–Kier alpha value is -2.89. The van der Waals surface area contributed by atoms with Gasteiger partial charge in [0.2, 0.25) is 0 Å². The number of para-hydroxylation sites is 2. The third-order valence-electron chi connectivity index (χ3n) is 4.07. The predicted octanol–water partition coefficient (Wildman–Crippen LogP) is 3.37. The van der Waals surface area contributed by atoms with Crippen LogP contribution in [0.25, 0.3) is 28.1 Å². The molecule has 0 atom stereocenters. The smallest absolute Gasteiger partial charge is 0.156 e. The highest BCUT2D eigenvalue weighted by Crippen LogP contribution is 2.29. The third-order valence-corrected chi connectivity index (χ3v) is 4.07. The molecule has 4 aromatic rings. The van der Waals surface area contributed by atoms with Crippen LogP contribution in [0.3, 0.4) is 0 Å². The summed E-state index contributed by atoms with van der Waals surface area (Å²) in [6.07, 6.45) is 2.00. The van der Waals surface area contributed by atoms with Gasteiger partial charge in [-0.05, 0) is 24.3 Å². The maximum absolute atomic E-state index is 9.01. The molecule has 126 valence electrons. The zero-order valence-corrected chi connectivity index (χ0v) is 13.7. The van der Waals surface area contributed by atoms with Crippen molar-refractivity contribution >= 4 is 11.0 Å². The van der Waals surface area contributed by atoms with Gasteiger partial charge in [0, 0.05) is 30.2 Å². The number of aliphatic hydroxyl groups excluding tert-OH is 1. The molecule has 0 radical (unpaired) electrons. The molecule has 4 rings (SSSR count). The molecule has 0 unspecified atom stereocenters. The number of aliphatic hydroxyl groups is 1. The molecule has 25 heavy (non-hydrogen) atoms. The maximum atomic E-state index is 9.01. The molecule has 0 saturated heterocycles. The summed E-state index contributed by atoms with van der Waals surface area (Å²) in [5.74, 6) is 0.747. The minimum absolute atomic E-state index is 0.104. The van der Waals surface area contributed by atoms with Gasteiger partial charge in [0.1, 0.15) is 11.3 Å². The normalized spacial score (nSPS) is 11.2. The monoisotopic (exact) mass is 333 g/mol. The van der Waals surface area contributed by atoms with Gasteiger partial charge in [-0.2, -0.15) is 5.10 Å². The zero-order valence-electron chi connectivity index (χ0n) is 13.7. The van der Waals surface area contributed by atoms with Crippen LogP contribution in [0.4, 0.5) is 0 Å². The lowest BCUT2D eigenvalue weighted by atomic mass is 10.2. The van der Waals surface area contributed by atoms with E-state index in [-0.39, 0.29) is 6.61 Å². The number of fused-ring (bicyclic) bond motifs is 1. The average molecular weight is 333 g/mol. The van der Waals surface area contributed by atoms with Crippen LogP contribution in [0.15, 0.2) is 71.3 Å². The predicted molar refractivity (Wildman–Crippen MR) is 97.6 cm³/mol. The van der Waals surface area contributed by atoms with Gasteiger partial charge >= 0.3 is 0 Å². The molecular weight excluding hydrogens is 314 g/mol. The molecule has 0 aliphatic heterocycles. The van der Waals surface area contributed by atoms with E-state index < -0.39 is 0 Å². The number of furan rings is 1. The number of benzene rings is 2. The fraction of sp³-hybridized carbons (Fsp3) is 0.150. The van der Waals surface area contributed by atoms with Crippen LogP contribution in [0.5, 0.6) is 0 Å². The van der Waals surface area contributed by atoms with Gasteiger partial charge < -0.3 is 14.8 Å². The summed E-state index contributed by atoms with van der Waals surface area (Å²) in [4.78, 5) is 0. The molecule has 5 nitrogen and oxygen atoms in total. The molecule has 2 heterocycles. The van der Waals surface area contributed by atoms with E-state index in [1.54, 1.807) is 0 Å². The van der Waals surface area contributed by atoms with E-state index in [1.807, 2.05) is 71.5 Å². The molecule has 0 saturated carbocycles. The summed E-state index contributed by atoms with van der Waals surface area (Å²) in [6, 6.07) is 19.9. The van der Waals surface area contributed by atoms with Gasteiger partial charge in [0.25, 0.3) is 0 Å². The molecule has 2 aromatic heterocycles. The lowest BCUT2D eigenvalue weighted by Gasteiger charge is -2.01. The molecule has 0 bridgehead atoms. The Balaban J connectivity index is 1.77. The summed E-state index contributed by atoms with van der Waals surface area (Å²) in [5, 5.41) is 18.0. The summed E-state index contributed by atoms with van der Waals surface area (Å²) in [5.41, 5.74) is 3.68. The summed E-state index contributed by atoms with van der Waals surface area (Å²) < 4.78 is 7.86. The molecule has 0 aliphatic carbocycles. The highest BCUT2D eigenvalue weighted by molar-refractivity contribution is 5.82. The molecule has 0 amide bonds. The van der Waals surface area contributed by atoms with Gasteiger partial charge in [-0.25, -0.2) is 4.68 Å². The first kappa shape index (κ1) is 15.6. The molecule has 5 heteroatoms. The second-order valence-electron chi connectivity index (χ2n) is 5.83. The Bertz CT molecular complexity index is 940. The van der Waals surface area contributed by atoms with Gasteiger partial charge in [-0.15, -0.1) is 0 Å². The summed E-state index contributed by atoms with van der Waals surface area (Å²) in [6.45, 7) is 1.25. The number of aromatic nitrogens is 2. The van der Waals surface area contributed by atoms with Crippen LogP contribution < -0.4 is 5.32 Å². The van der Waals surface area contributed by atoms with Crippen molar-refractivity contribution in [3.63, 3.8) is 0 Å². The van der Waals surface area contributed by atoms with Crippen LogP contribution in [0, 0.1) is 0 Å². The van der Waals surface area contributed by atoms with Crippen LogP contribution in [0.1, 0.15) is 5.56 Å². The van der Waals surface area contributed by atoms with Gasteiger partial charge in [-0.1, -0.05) is 36.4 Å². The molecule has 2 aromatic carbocycles. The van der Waals surface area contributed by atoms with Crippen molar-refractivity contribution in [1.82, 2.24) is 15.1 Å². The molecular formula is C20H19N3O2. The number of hydrogen-bond donors (Lipinski definition) is 2. The van der Waals surface area contributed by atoms with Crippen molar-refractivity contribution in [2.75, 3.05) is 13.2 Å². The second-order valence-corrected chi connectivity index (χ2v) is 5.83. The van der Waals surface area contributed by atoms with Crippen molar-refractivity contribution in [1.29, 1.82) is 0 Å². The van der Waals surface area contributed by atoms with Gasteiger partial charge in [-0.3, -0.25) is 0 Å². The number of rotatable bonds is 6. The Kier molecular flexibility index (Phi) is 4.33. The zero-order chi connectivity index (χ0) is 17.1. The maximum Gasteiger partial charge on any atom is 0.156 e. The first-order chi connectivity index (χ1) is 12.3. The van der Waals surface area contributed by atoms with E-state index in [4.69, 9.17) is 14.6 Å². The van der Waals surface area contributed by atoms with E-state index in [0.717, 1.165) is 33.7 Å². The SMILES string of the molecule is OCCNCc1cn(-c2ccccc2)nc1-c1cc2ccccc2o1. The number of nitrogens with zero attached hydrogens (tertiary/aromatic N) is 2. The summed E-state index contributed by atoms with van der Waals surface area (Å²) >= 11 is 0. The minimum atomic E-state index is 0.104. The van der Waals surface area contributed by atoms with E-state index in [9.17, 15) is 0 Å². The topological polar surface area (TPSA) is 63.2 Å². The molecule has 0 spiro atoms. The average Bonchev–Trinajstić information content (AvgIpc) is 3.26. The van der Waals surface area contributed by atoms with Gasteiger partial charge in [0.15, 0.2) is 5.76 Å². The lowest BCUT2D eigenvalue weighted by Crippen LogP contribution is -2.17. The Morgan fingerprint density at radius 3 is 2.64 bits per heavy atom. The van der Waals surface area contributed by atoms with Crippen molar-refractivity contribution in [3.8, 4) is 17.1 Å². The van der Waals surface area contributed by atoms with Crippen molar-refractivity contribution in [2.24, 2.45) is 0 Å². The second kappa shape index (κ2) is 6.93. The van der Waals surface area contributed by atoms with Crippen molar-refractivity contribution in [2.45, 2.75) is 6.54 Å². The summed E-state index contributed by atoms with van der Waals surface area (Å²) in [7, 11) is 0. The third kappa shape index (κ3) is 3.20. The minimum Gasteiger partial charge on any atom is -0.454 e. The Morgan fingerprint density at radius 2 is 1.84 bits per heavy atom. The quantitative estimate of drug-likeness (QED) is 0.531. The van der Waals surface area contributed by atoms with Crippen molar-refractivity contribution in [3.05, 3.63) is 72.4 Å². The van der Waals surface area contributed by atoms with E-state index in [0.29, 0.717) is 13.1 Å². The lowest BCUT2D eigenvalue weighted by molar-refractivity contribution is 0.292. The fourth-order valence-electron chi connectivity index (χ4n) is 2.86. The number of nitrogens with one attached hydrogen (secondary N) is 1. The largest absolute Gasteiger partial charge is 0.454 e.